The summed E-state index contributed by atoms with van der Waals surface area (Å²) in [5.74, 6) is 0. The maximum atomic E-state index is 11.5. The standard InChI is InChI=1S/C48H88N8O32/c49-1-9-33-17(57)25(65)41(73-9)82-34-10(2-50)75-43(27(67)19(34)59)84-36-12(4-52)77-45(29(69)21(36)61)86-38-14(6-54)79-47(31(71)23(38)63)88-40-16(8-56)80-48(32(72)24(40)64)87-39-15(7-55)78-46(30(70)22(39)62)85-37-13(5-53)76-44(28(68)20(37)60)83-35-11(3-51)74-42(81-33)26(66)18(35)58/h9-48,57-72H,1-8,49-56H2. The van der Waals surface area contributed by atoms with Gasteiger partial charge in [-0.05, 0) is 0 Å². The molecule has 40 unspecified atom stereocenters. The van der Waals surface area contributed by atoms with Gasteiger partial charge in [0.15, 0.2) is 50.3 Å². The molecule has 0 aliphatic carbocycles. The summed E-state index contributed by atoms with van der Waals surface area (Å²) in [6, 6.07) is 0. The highest BCUT2D eigenvalue weighted by Gasteiger charge is 2.60. The van der Waals surface area contributed by atoms with Gasteiger partial charge >= 0.3 is 0 Å². The molecular weight excluding hydrogens is 1200 g/mol. The normalized spacial score (nSPS) is 55.4. The van der Waals surface area contributed by atoms with Gasteiger partial charge in [-0.2, -0.15) is 0 Å². The Bertz CT molecular complexity index is 1730. The molecule has 30 heterocycles. The van der Waals surface area contributed by atoms with E-state index in [9.17, 15) is 81.7 Å². The third kappa shape index (κ3) is 13.8. The van der Waals surface area contributed by atoms with E-state index < -0.39 is 298 Å². The predicted octanol–water partition coefficient (Wildman–Crippen LogP) is -17.7. The maximum absolute atomic E-state index is 11.5. The minimum atomic E-state index is -2.09. The molecule has 30 saturated heterocycles. The first-order valence-corrected chi connectivity index (χ1v) is 28.9. The first-order chi connectivity index (χ1) is 41.9. The largest absolute Gasteiger partial charge is 0.387 e. The van der Waals surface area contributed by atoms with E-state index in [2.05, 4.69) is 0 Å². The minimum Gasteiger partial charge on any atom is -0.387 e. The summed E-state index contributed by atoms with van der Waals surface area (Å²) in [4.78, 5) is 0. The van der Waals surface area contributed by atoms with Crippen LogP contribution >= 0.6 is 0 Å². The summed E-state index contributed by atoms with van der Waals surface area (Å²) in [5, 5.41) is 184. The molecule has 40 heteroatoms. The minimum absolute atomic E-state index is 0.496. The van der Waals surface area contributed by atoms with E-state index in [1.165, 1.54) is 0 Å². The number of aliphatic hydroxyl groups is 16. The number of aliphatic hydroxyl groups excluding tert-OH is 16. The van der Waals surface area contributed by atoms with Gasteiger partial charge in [0.05, 0.1) is 0 Å². The second-order valence-electron chi connectivity index (χ2n) is 22.9. The lowest BCUT2D eigenvalue weighted by Gasteiger charge is -2.51. The SMILES string of the molecule is NCC1OC2OC3C(CN)OC(OC4C(CN)OC(OC5C(CN)OC(OC6C(CN)OC(OC7C(CN)OC(OC8C(CN)OC(OC9C(CN)OC(OC1C(O)C2O)C(O)C9O)C(O)C8O)C(O)C7O)C(O)C6O)C(O)C5O)C(O)C4O)C(O)C3O. The third-order valence-corrected chi connectivity index (χ3v) is 17.3. The molecule has 16 bridgehead atoms. The van der Waals surface area contributed by atoms with Crippen molar-refractivity contribution in [3.05, 3.63) is 0 Å². The smallest absolute Gasteiger partial charge is 0.187 e. The van der Waals surface area contributed by atoms with E-state index in [0.29, 0.717) is 0 Å². The highest BCUT2D eigenvalue weighted by atomic mass is 16.8. The Kier molecular flexibility index (Phi) is 24.1. The summed E-state index contributed by atoms with van der Waals surface area (Å²) < 4.78 is 94.5. The van der Waals surface area contributed by atoms with Crippen LogP contribution in [0.2, 0.25) is 0 Å². The van der Waals surface area contributed by atoms with Crippen LogP contribution in [-0.4, -0.2) is 380 Å². The molecule has 40 nitrogen and oxygen atoms in total. The highest BCUT2D eigenvalue weighted by Crippen LogP contribution is 2.39. The third-order valence-electron chi connectivity index (χ3n) is 17.3. The second kappa shape index (κ2) is 30.0. The Morgan fingerprint density at radius 3 is 0.318 bits per heavy atom. The van der Waals surface area contributed by atoms with Crippen LogP contribution < -0.4 is 45.9 Å². The van der Waals surface area contributed by atoms with Crippen LogP contribution in [0.15, 0.2) is 0 Å². The van der Waals surface area contributed by atoms with Gasteiger partial charge in [0.1, 0.15) is 195 Å². The van der Waals surface area contributed by atoms with Crippen molar-refractivity contribution in [3.8, 4) is 0 Å². The molecule has 0 saturated carbocycles. The van der Waals surface area contributed by atoms with Gasteiger partial charge in [-0.3, -0.25) is 0 Å². The van der Waals surface area contributed by atoms with Crippen molar-refractivity contribution in [2.75, 3.05) is 52.4 Å². The van der Waals surface area contributed by atoms with Gasteiger partial charge in [-0.25, -0.2) is 0 Å². The van der Waals surface area contributed by atoms with E-state index in [1.54, 1.807) is 0 Å². The molecule has 30 aliphatic rings. The molecule has 0 amide bonds. The summed E-state index contributed by atoms with van der Waals surface area (Å²) in [6.07, 6.45) is -73.2. The molecule has 30 rings (SSSR count). The van der Waals surface area contributed by atoms with Gasteiger partial charge < -0.3 is 203 Å². The van der Waals surface area contributed by atoms with E-state index >= 15 is 0 Å². The zero-order chi connectivity index (χ0) is 64.1. The van der Waals surface area contributed by atoms with Crippen molar-refractivity contribution in [2.45, 2.75) is 246 Å². The molecule has 0 aromatic rings. The quantitative estimate of drug-likeness (QED) is 0.107. The zero-order valence-corrected chi connectivity index (χ0v) is 47.1. The predicted molar refractivity (Wildman–Crippen MR) is 277 cm³/mol. The van der Waals surface area contributed by atoms with Crippen LogP contribution in [0.3, 0.4) is 0 Å². The highest BCUT2D eigenvalue weighted by molar-refractivity contribution is 5.03. The summed E-state index contributed by atoms with van der Waals surface area (Å²) in [5.41, 5.74) is 48.3. The lowest BCUT2D eigenvalue weighted by atomic mass is 9.94. The molecule has 40 atom stereocenters. The summed E-state index contributed by atoms with van der Waals surface area (Å²) in [6.45, 7) is -3.97. The van der Waals surface area contributed by atoms with Crippen LogP contribution in [0.5, 0.6) is 0 Å². The Labute approximate surface area is 500 Å². The molecule has 0 aromatic heterocycles. The van der Waals surface area contributed by atoms with E-state index in [4.69, 9.17) is 122 Å². The fraction of sp³-hybridized carbons (Fsp3) is 1.00. The van der Waals surface area contributed by atoms with Crippen molar-refractivity contribution in [2.24, 2.45) is 45.9 Å². The van der Waals surface area contributed by atoms with Gasteiger partial charge in [0.25, 0.3) is 0 Å². The van der Waals surface area contributed by atoms with Crippen molar-refractivity contribution in [3.63, 3.8) is 0 Å². The van der Waals surface area contributed by atoms with Crippen molar-refractivity contribution >= 4 is 0 Å². The number of hydrogen-bond donors (Lipinski definition) is 24. The Morgan fingerprint density at radius 2 is 0.239 bits per heavy atom. The lowest BCUT2D eigenvalue weighted by molar-refractivity contribution is -0.398. The Balaban J connectivity index is 0.975. The molecular formula is C48H88N8O32. The van der Waals surface area contributed by atoms with Gasteiger partial charge in [-0.1, -0.05) is 0 Å². The molecule has 512 valence electrons. The molecule has 0 spiro atoms. The van der Waals surface area contributed by atoms with Crippen molar-refractivity contribution < 1.29 is 157 Å². The van der Waals surface area contributed by atoms with Gasteiger partial charge in [0.2, 0.25) is 0 Å². The topological polar surface area (TPSA) is 680 Å². The zero-order valence-electron chi connectivity index (χ0n) is 47.1. The fourth-order valence-electron chi connectivity index (χ4n) is 12.2. The molecule has 88 heavy (non-hydrogen) atoms. The molecule has 30 aliphatic heterocycles. The van der Waals surface area contributed by atoms with E-state index in [1.807, 2.05) is 0 Å². The molecule has 32 N–H and O–H groups in total. The van der Waals surface area contributed by atoms with Gasteiger partial charge in [-0.15, -0.1) is 0 Å². The van der Waals surface area contributed by atoms with E-state index in [0.717, 1.165) is 0 Å². The van der Waals surface area contributed by atoms with Crippen LogP contribution in [0, 0.1) is 0 Å². The lowest BCUT2D eigenvalue weighted by Crippen LogP contribution is -2.69. The number of nitrogens with two attached hydrogens (primary N) is 8. The van der Waals surface area contributed by atoms with Crippen molar-refractivity contribution in [1.82, 2.24) is 0 Å². The number of hydrogen-bond acceptors (Lipinski definition) is 40. The van der Waals surface area contributed by atoms with Crippen LogP contribution in [-0.2, 0) is 75.8 Å². The molecule has 0 aromatic carbocycles. The summed E-state index contributed by atoms with van der Waals surface area (Å²) in [7, 11) is 0. The number of rotatable bonds is 8. The fourth-order valence-corrected chi connectivity index (χ4v) is 12.2. The Hall–Kier alpha value is -1.60. The van der Waals surface area contributed by atoms with Crippen LogP contribution in [0.25, 0.3) is 0 Å². The first-order valence-electron chi connectivity index (χ1n) is 28.9. The average Bonchev–Trinajstić information content (AvgIpc) is 0.985. The summed E-state index contributed by atoms with van der Waals surface area (Å²) >= 11 is 0. The van der Waals surface area contributed by atoms with E-state index in [-0.39, 0.29) is 0 Å². The number of ether oxygens (including phenoxy) is 16. The average molecular weight is 1290 g/mol. The van der Waals surface area contributed by atoms with Gasteiger partial charge in [0, 0.05) is 52.4 Å². The van der Waals surface area contributed by atoms with Crippen LogP contribution in [0.1, 0.15) is 0 Å². The Morgan fingerprint density at radius 1 is 0.148 bits per heavy atom. The van der Waals surface area contributed by atoms with Crippen molar-refractivity contribution in [1.29, 1.82) is 0 Å². The molecule has 30 fully saturated rings. The first kappa shape index (κ1) is 70.7. The monoisotopic (exact) mass is 1290 g/mol. The second-order valence-corrected chi connectivity index (χ2v) is 22.9. The van der Waals surface area contributed by atoms with Crippen LogP contribution in [0.4, 0.5) is 0 Å². The maximum Gasteiger partial charge on any atom is 0.187 e. The molecule has 0 radical (unpaired) electrons.